The zero-order valence-corrected chi connectivity index (χ0v) is 9.85. The van der Waals surface area contributed by atoms with E-state index in [0.717, 1.165) is 0 Å². The van der Waals surface area contributed by atoms with Gasteiger partial charge in [-0.05, 0) is 0 Å². The Morgan fingerprint density at radius 1 is 1.42 bits per heavy atom. The number of ether oxygens (including phenoxy) is 1. The van der Waals surface area contributed by atoms with Crippen molar-refractivity contribution in [2.75, 3.05) is 18.6 Å². The molecule has 0 spiro atoms. The fourth-order valence-electron chi connectivity index (χ4n) is 2.30. The van der Waals surface area contributed by atoms with E-state index in [1.165, 1.54) is 10.9 Å². The number of aliphatic hydroxyl groups excluding tert-OH is 3. The van der Waals surface area contributed by atoms with E-state index in [-0.39, 0.29) is 18.3 Å². The van der Waals surface area contributed by atoms with E-state index >= 15 is 0 Å². The molecule has 3 rings (SSSR count). The lowest BCUT2D eigenvalue weighted by Crippen LogP contribution is -2.36. The number of carbonyl (C=O) groups is 1. The molecule has 5 N–H and O–H groups in total. The number of aliphatic hydroxyl groups is 3. The second-order valence-corrected chi connectivity index (χ2v) is 4.44. The number of nitrogens with zero attached hydrogens (tertiary/aromatic N) is 2. The topological polar surface area (TPSA) is 129 Å². The van der Waals surface area contributed by atoms with Crippen LogP contribution in [-0.4, -0.2) is 62.4 Å². The summed E-state index contributed by atoms with van der Waals surface area (Å²) < 4.78 is 6.82. The second kappa shape index (κ2) is 4.46. The molecule has 1 unspecified atom stereocenters. The number of aromatic nitrogens is 2. The summed E-state index contributed by atoms with van der Waals surface area (Å²) in [5.41, 5.74) is 0.198. The first-order chi connectivity index (χ1) is 9.13. The van der Waals surface area contributed by atoms with Crippen LogP contribution in [0.25, 0.3) is 0 Å². The standard InChI is InChI=1S/C10H14N4O5/c15-1-4-6(16)7(17)10(19-4)14-3-13-5-8(14)11-2-12-9(5)18/h3-4,6-7,10-11,15-17H,1-2H2,(H,12,18)/t4-,6-,7-,10?/m1/s1. The molecule has 3 heterocycles. The van der Waals surface area contributed by atoms with Crippen LogP contribution >= 0.6 is 0 Å². The molecule has 9 nitrogen and oxygen atoms in total. The van der Waals surface area contributed by atoms with Crippen LogP contribution in [0, 0.1) is 0 Å². The minimum absolute atomic E-state index is 0.198. The maximum absolute atomic E-state index is 11.6. The number of imidazole rings is 1. The summed E-state index contributed by atoms with van der Waals surface area (Å²) in [4.78, 5) is 15.5. The number of rotatable bonds is 2. The Morgan fingerprint density at radius 2 is 2.21 bits per heavy atom. The van der Waals surface area contributed by atoms with Crippen molar-refractivity contribution in [2.24, 2.45) is 0 Å². The predicted molar refractivity (Wildman–Crippen MR) is 61.2 cm³/mol. The van der Waals surface area contributed by atoms with E-state index in [2.05, 4.69) is 15.6 Å². The van der Waals surface area contributed by atoms with Crippen LogP contribution in [-0.2, 0) is 4.74 Å². The summed E-state index contributed by atoms with van der Waals surface area (Å²) in [6.07, 6.45) is -2.81. The highest BCUT2D eigenvalue weighted by Gasteiger charge is 2.44. The van der Waals surface area contributed by atoms with Crippen molar-refractivity contribution in [1.29, 1.82) is 0 Å². The van der Waals surface area contributed by atoms with Crippen molar-refractivity contribution in [3.05, 3.63) is 12.0 Å². The maximum Gasteiger partial charge on any atom is 0.275 e. The van der Waals surface area contributed by atoms with Crippen molar-refractivity contribution in [1.82, 2.24) is 14.9 Å². The van der Waals surface area contributed by atoms with Crippen LogP contribution in [0.4, 0.5) is 5.82 Å². The Kier molecular flexibility index (Phi) is 2.90. The monoisotopic (exact) mass is 270 g/mol. The van der Waals surface area contributed by atoms with E-state index in [1.807, 2.05) is 0 Å². The Labute approximate surface area is 107 Å². The van der Waals surface area contributed by atoms with Crippen molar-refractivity contribution >= 4 is 11.7 Å². The Balaban J connectivity index is 1.93. The summed E-state index contributed by atoms with van der Waals surface area (Å²) in [7, 11) is 0. The molecule has 1 saturated heterocycles. The number of carbonyl (C=O) groups excluding carboxylic acids is 1. The van der Waals surface area contributed by atoms with Crippen LogP contribution in [0.15, 0.2) is 6.33 Å². The molecule has 1 amide bonds. The first-order valence-electron chi connectivity index (χ1n) is 5.85. The molecule has 2 aliphatic heterocycles. The zero-order valence-electron chi connectivity index (χ0n) is 9.85. The van der Waals surface area contributed by atoms with Crippen molar-refractivity contribution in [2.45, 2.75) is 24.5 Å². The third-order valence-electron chi connectivity index (χ3n) is 3.30. The van der Waals surface area contributed by atoms with Gasteiger partial charge in [0.2, 0.25) is 0 Å². The van der Waals surface area contributed by atoms with Crippen molar-refractivity contribution in [3.63, 3.8) is 0 Å². The predicted octanol–water partition coefficient (Wildman–Crippen LogP) is -2.39. The summed E-state index contributed by atoms with van der Waals surface area (Å²) in [5, 5.41) is 34.2. The molecule has 0 aromatic carbocycles. The molecular weight excluding hydrogens is 256 g/mol. The molecule has 0 aliphatic carbocycles. The molecule has 0 saturated carbocycles. The summed E-state index contributed by atoms with van der Waals surface area (Å²) >= 11 is 0. The number of hydrogen-bond donors (Lipinski definition) is 5. The highest BCUT2D eigenvalue weighted by molar-refractivity contribution is 5.98. The average molecular weight is 270 g/mol. The van der Waals surface area contributed by atoms with Crippen molar-refractivity contribution in [3.8, 4) is 0 Å². The fraction of sp³-hybridized carbons (Fsp3) is 0.600. The lowest BCUT2D eigenvalue weighted by atomic mass is 10.1. The lowest BCUT2D eigenvalue weighted by Gasteiger charge is -2.22. The van der Waals surface area contributed by atoms with E-state index in [1.54, 1.807) is 0 Å². The molecule has 1 fully saturated rings. The van der Waals surface area contributed by atoms with Crippen LogP contribution in [0.1, 0.15) is 16.7 Å². The first-order valence-corrected chi connectivity index (χ1v) is 5.85. The molecule has 104 valence electrons. The minimum Gasteiger partial charge on any atom is -0.394 e. The van der Waals surface area contributed by atoms with Gasteiger partial charge < -0.3 is 30.7 Å². The quantitative estimate of drug-likeness (QED) is 0.405. The van der Waals surface area contributed by atoms with Gasteiger partial charge in [-0.25, -0.2) is 4.98 Å². The smallest absolute Gasteiger partial charge is 0.275 e. The fourth-order valence-corrected chi connectivity index (χ4v) is 2.30. The average Bonchev–Trinajstić information content (AvgIpc) is 2.94. The molecule has 1 aromatic heterocycles. The Morgan fingerprint density at radius 3 is 2.89 bits per heavy atom. The van der Waals surface area contributed by atoms with E-state index in [4.69, 9.17) is 9.84 Å². The summed E-state index contributed by atoms with van der Waals surface area (Å²) in [6, 6.07) is 0. The molecule has 19 heavy (non-hydrogen) atoms. The highest BCUT2D eigenvalue weighted by atomic mass is 16.6. The Hall–Kier alpha value is -1.68. The van der Waals surface area contributed by atoms with Crippen LogP contribution < -0.4 is 10.6 Å². The van der Waals surface area contributed by atoms with Gasteiger partial charge >= 0.3 is 0 Å². The number of fused-ring (bicyclic) bond motifs is 1. The molecule has 1 aromatic rings. The van der Waals surface area contributed by atoms with Crippen molar-refractivity contribution < 1.29 is 24.9 Å². The molecule has 9 heteroatoms. The van der Waals surface area contributed by atoms with Crippen LogP contribution in [0.3, 0.4) is 0 Å². The van der Waals surface area contributed by atoms with Gasteiger partial charge in [0.15, 0.2) is 11.9 Å². The van der Waals surface area contributed by atoms with E-state index < -0.39 is 31.1 Å². The highest BCUT2D eigenvalue weighted by Crippen LogP contribution is 2.33. The van der Waals surface area contributed by atoms with Gasteiger partial charge in [-0.2, -0.15) is 0 Å². The Bertz CT molecular complexity index is 504. The third-order valence-corrected chi connectivity index (χ3v) is 3.30. The number of nitrogens with one attached hydrogen (secondary N) is 2. The van der Waals surface area contributed by atoms with Crippen LogP contribution in [0.5, 0.6) is 0 Å². The molecule has 2 aliphatic rings. The normalized spacial score (nSPS) is 33.7. The van der Waals surface area contributed by atoms with Gasteiger partial charge in [-0.3, -0.25) is 9.36 Å². The molecule has 4 atom stereocenters. The second-order valence-electron chi connectivity index (χ2n) is 4.44. The summed E-state index contributed by atoms with van der Waals surface area (Å²) in [6.45, 7) is -0.161. The number of anilines is 1. The molecule has 0 radical (unpaired) electrons. The lowest BCUT2D eigenvalue weighted by molar-refractivity contribution is -0.0519. The zero-order chi connectivity index (χ0) is 13.6. The molecular formula is C10H14N4O5. The minimum atomic E-state index is -1.21. The van der Waals surface area contributed by atoms with E-state index in [9.17, 15) is 15.0 Å². The van der Waals surface area contributed by atoms with E-state index in [0.29, 0.717) is 5.82 Å². The largest absolute Gasteiger partial charge is 0.394 e. The first kappa shape index (κ1) is 12.4. The van der Waals surface area contributed by atoms with Gasteiger partial charge in [0, 0.05) is 0 Å². The van der Waals surface area contributed by atoms with Gasteiger partial charge in [0.05, 0.1) is 19.6 Å². The van der Waals surface area contributed by atoms with Gasteiger partial charge in [-0.15, -0.1) is 0 Å². The van der Waals surface area contributed by atoms with Gasteiger partial charge in [0.25, 0.3) is 5.91 Å². The summed E-state index contributed by atoms with van der Waals surface area (Å²) in [5.74, 6) is 0.0952. The third kappa shape index (κ3) is 1.78. The number of amides is 1. The van der Waals surface area contributed by atoms with Gasteiger partial charge in [-0.1, -0.05) is 0 Å². The van der Waals surface area contributed by atoms with Gasteiger partial charge in [0.1, 0.15) is 24.1 Å². The van der Waals surface area contributed by atoms with Crippen LogP contribution in [0.2, 0.25) is 0 Å². The SMILES string of the molecule is O=C1NCNc2c1ncn2C1O[C@H](CO)[C@@H](O)[C@H]1O. The maximum atomic E-state index is 11.6. The number of hydrogen-bond acceptors (Lipinski definition) is 7. The molecule has 0 bridgehead atoms.